The molecule has 2 rings (SSSR count). The van der Waals surface area contributed by atoms with E-state index in [0.29, 0.717) is 5.56 Å². The van der Waals surface area contributed by atoms with Gasteiger partial charge >= 0.3 is 0 Å². The first-order valence-electron chi connectivity index (χ1n) is 5.71. The van der Waals surface area contributed by atoms with E-state index in [4.69, 9.17) is 5.26 Å². The lowest BCUT2D eigenvalue weighted by molar-refractivity contribution is 0.586. The number of piperidine rings is 1. The third-order valence-corrected chi connectivity index (χ3v) is 4.29. The van der Waals surface area contributed by atoms with Crippen molar-refractivity contribution in [3.05, 3.63) is 29.6 Å². The largest absolute Gasteiger partial charge is 0.371 e. The molecule has 1 aromatic rings. The van der Waals surface area contributed by atoms with E-state index in [1.54, 1.807) is 6.07 Å². The van der Waals surface area contributed by atoms with Crippen LogP contribution >= 0.6 is 11.8 Å². The van der Waals surface area contributed by atoms with Crippen LogP contribution in [0.15, 0.2) is 18.2 Å². The number of nitriles is 1. The molecule has 1 aliphatic rings. The maximum Gasteiger partial charge on any atom is 0.126 e. The van der Waals surface area contributed by atoms with Crippen molar-refractivity contribution in [2.75, 3.05) is 24.2 Å². The van der Waals surface area contributed by atoms with Crippen LogP contribution in [0.2, 0.25) is 0 Å². The second-order valence-electron chi connectivity index (χ2n) is 4.23. The van der Waals surface area contributed by atoms with E-state index < -0.39 is 0 Å². The summed E-state index contributed by atoms with van der Waals surface area (Å²) in [6.45, 7) is 1.89. The smallest absolute Gasteiger partial charge is 0.126 e. The predicted molar refractivity (Wildman–Crippen MR) is 69.9 cm³/mol. The Bertz CT molecular complexity index is 434. The molecule has 0 aromatic heterocycles. The van der Waals surface area contributed by atoms with Crippen molar-refractivity contribution in [1.82, 2.24) is 0 Å². The fraction of sp³-hybridized carbons (Fsp3) is 0.462. The van der Waals surface area contributed by atoms with Gasteiger partial charge in [0, 0.05) is 24.0 Å². The number of thioether (sulfide) groups is 1. The molecule has 4 heteroatoms. The molecule has 1 heterocycles. The van der Waals surface area contributed by atoms with E-state index in [0.717, 1.165) is 36.9 Å². The first kappa shape index (κ1) is 12.3. The molecule has 0 radical (unpaired) electrons. The summed E-state index contributed by atoms with van der Waals surface area (Å²) in [6.07, 6.45) is 4.38. The lowest BCUT2D eigenvalue weighted by atomic mass is 10.1. The van der Waals surface area contributed by atoms with E-state index in [2.05, 4.69) is 11.2 Å². The SMILES string of the molecule is CSC1CCN(c2cc(F)cc(C#N)c2)CC1. The summed E-state index contributed by atoms with van der Waals surface area (Å²) in [5.41, 5.74) is 1.23. The van der Waals surface area contributed by atoms with Crippen molar-refractivity contribution in [3.8, 4) is 6.07 Å². The van der Waals surface area contributed by atoms with Gasteiger partial charge in [0.2, 0.25) is 0 Å². The van der Waals surface area contributed by atoms with Gasteiger partial charge in [-0.3, -0.25) is 0 Å². The summed E-state index contributed by atoms with van der Waals surface area (Å²) in [5.74, 6) is -0.328. The molecule has 0 spiro atoms. The molecule has 1 saturated heterocycles. The van der Waals surface area contributed by atoms with Crippen LogP contribution in [0.5, 0.6) is 0 Å². The van der Waals surface area contributed by atoms with E-state index >= 15 is 0 Å². The molecule has 0 bridgehead atoms. The van der Waals surface area contributed by atoms with Crippen LogP contribution in [0.4, 0.5) is 10.1 Å². The van der Waals surface area contributed by atoms with Gasteiger partial charge in [-0.05, 0) is 37.3 Å². The third kappa shape index (κ3) is 2.92. The first-order chi connectivity index (χ1) is 8.22. The zero-order valence-corrected chi connectivity index (χ0v) is 10.6. The van der Waals surface area contributed by atoms with E-state index in [-0.39, 0.29) is 5.82 Å². The van der Waals surface area contributed by atoms with Gasteiger partial charge in [0.05, 0.1) is 11.6 Å². The standard InChI is InChI=1S/C13H15FN2S/c1-17-13-2-4-16(5-3-13)12-7-10(9-15)6-11(14)8-12/h6-8,13H,2-5H2,1H3. The highest BCUT2D eigenvalue weighted by atomic mass is 32.2. The van der Waals surface area contributed by atoms with Crippen LogP contribution in [-0.4, -0.2) is 24.6 Å². The van der Waals surface area contributed by atoms with E-state index in [1.165, 1.54) is 12.1 Å². The highest BCUT2D eigenvalue weighted by molar-refractivity contribution is 7.99. The molecule has 0 N–H and O–H groups in total. The summed E-state index contributed by atoms with van der Waals surface area (Å²) in [4.78, 5) is 2.16. The van der Waals surface area contributed by atoms with Gasteiger partial charge in [0.15, 0.2) is 0 Å². The highest BCUT2D eigenvalue weighted by Gasteiger charge is 2.19. The van der Waals surface area contributed by atoms with E-state index in [1.807, 2.05) is 17.8 Å². The van der Waals surface area contributed by atoms with Crippen LogP contribution in [0.3, 0.4) is 0 Å². The number of nitrogens with zero attached hydrogens (tertiary/aromatic N) is 2. The lowest BCUT2D eigenvalue weighted by Gasteiger charge is -2.33. The van der Waals surface area contributed by atoms with Crippen molar-refractivity contribution < 1.29 is 4.39 Å². The van der Waals surface area contributed by atoms with Gasteiger partial charge in [-0.25, -0.2) is 4.39 Å². The van der Waals surface area contributed by atoms with Gasteiger partial charge in [-0.1, -0.05) is 0 Å². The molecule has 0 atom stereocenters. The average Bonchev–Trinajstić information content (AvgIpc) is 2.38. The topological polar surface area (TPSA) is 27.0 Å². The summed E-state index contributed by atoms with van der Waals surface area (Å²) >= 11 is 1.90. The van der Waals surface area contributed by atoms with Crippen molar-refractivity contribution in [2.24, 2.45) is 0 Å². The van der Waals surface area contributed by atoms with Gasteiger partial charge in [0.25, 0.3) is 0 Å². The zero-order chi connectivity index (χ0) is 12.3. The fourth-order valence-corrected chi connectivity index (χ4v) is 2.85. The van der Waals surface area contributed by atoms with Crippen LogP contribution in [0.25, 0.3) is 0 Å². The number of hydrogen-bond donors (Lipinski definition) is 0. The monoisotopic (exact) mass is 250 g/mol. The molecule has 1 fully saturated rings. The minimum absolute atomic E-state index is 0.328. The molecule has 1 aliphatic heterocycles. The molecule has 17 heavy (non-hydrogen) atoms. The Labute approximate surface area is 105 Å². The molecule has 90 valence electrons. The molecule has 0 aliphatic carbocycles. The molecule has 1 aromatic carbocycles. The Morgan fingerprint density at radius 3 is 2.65 bits per heavy atom. The lowest BCUT2D eigenvalue weighted by Crippen LogP contribution is -2.34. The maximum absolute atomic E-state index is 13.3. The number of rotatable bonds is 2. The zero-order valence-electron chi connectivity index (χ0n) is 9.82. The number of anilines is 1. The number of hydrogen-bond acceptors (Lipinski definition) is 3. The van der Waals surface area contributed by atoms with Crippen LogP contribution in [-0.2, 0) is 0 Å². The summed E-state index contributed by atoms with van der Waals surface area (Å²) in [7, 11) is 0. The van der Waals surface area contributed by atoms with Crippen molar-refractivity contribution in [1.29, 1.82) is 5.26 Å². The molecule has 0 unspecified atom stereocenters. The molecule has 0 saturated carbocycles. The van der Waals surface area contributed by atoms with Gasteiger partial charge in [0.1, 0.15) is 5.82 Å². The minimum Gasteiger partial charge on any atom is -0.371 e. The Morgan fingerprint density at radius 2 is 2.06 bits per heavy atom. The molecule has 2 nitrogen and oxygen atoms in total. The molecule has 0 amide bonds. The first-order valence-corrected chi connectivity index (χ1v) is 7.00. The normalized spacial score (nSPS) is 16.9. The van der Waals surface area contributed by atoms with Gasteiger partial charge in [-0.15, -0.1) is 0 Å². The van der Waals surface area contributed by atoms with E-state index in [9.17, 15) is 4.39 Å². The molecular formula is C13H15FN2S. The maximum atomic E-state index is 13.3. The summed E-state index contributed by atoms with van der Waals surface area (Å²) in [6, 6.07) is 6.55. The van der Waals surface area contributed by atoms with Crippen molar-refractivity contribution >= 4 is 17.4 Å². The third-order valence-electron chi connectivity index (χ3n) is 3.15. The quantitative estimate of drug-likeness (QED) is 0.807. The van der Waals surface area contributed by atoms with Gasteiger partial charge < -0.3 is 4.90 Å². The Morgan fingerprint density at radius 1 is 1.35 bits per heavy atom. The second kappa shape index (κ2) is 5.42. The van der Waals surface area contributed by atoms with Crippen LogP contribution in [0.1, 0.15) is 18.4 Å². The van der Waals surface area contributed by atoms with Crippen molar-refractivity contribution in [3.63, 3.8) is 0 Å². The Hall–Kier alpha value is -1.21. The molecular weight excluding hydrogens is 235 g/mol. The Balaban J connectivity index is 2.13. The summed E-state index contributed by atoms with van der Waals surface area (Å²) < 4.78 is 13.3. The highest BCUT2D eigenvalue weighted by Crippen LogP contribution is 2.26. The summed E-state index contributed by atoms with van der Waals surface area (Å²) in [5, 5.41) is 9.54. The minimum atomic E-state index is -0.328. The van der Waals surface area contributed by atoms with Crippen LogP contribution in [0, 0.1) is 17.1 Å². The predicted octanol–water partition coefficient (Wildman–Crippen LogP) is 3.03. The van der Waals surface area contributed by atoms with Crippen molar-refractivity contribution in [2.45, 2.75) is 18.1 Å². The van der Waals surface area contributed by atoms with Gasteiger partial charge in [-0.2, -0.15) is 17.0 Å². The number of halogens is 1. The average molecular weight is 250 g/mol. The fourth-order valence-electron chi connectivity index (χ4n) is 2.17. The number of benzene rings is 1. The van der Waals surface area contributed by atoms with Crippen LogP contribution < -0.4 is 4.90 Å². The Kier molecular flexibility index (Phi) is 3.90. The second-order valence-corrected chi connectivity index (χ2v) is 5.37.